The maximum atomic E-state index is 13.2. The predicted molar refractivity (Wildman–Crippen MR) is 268 cm³/mol. The Kier molecular flexibility index (Phi) is 47.2. The summed E-state index contributed by atoms with van der Waals surface area (Å²) in [7, 11) is 0. The number of amides is 1. The highest BCUT2D eigenvalue weighted by molar-refractivity contribution is 5.77. The Hall–Kier alpha value is -2.70. The number of aliphatic hydroxyl groups excluding tert-OH is 2. The number of hydrogen-bond donors (Lipinski definition) is 3. The Morgan fingerprint density at radius 3 is 1.50 bits per heavy atom. The summed E-state index contributed by atoms with van der Waals surface area (Å²) in [5.74, 6) is -0.551. The van der Waals surface area contributed by atoms with Gasteiger partial charge in [-0.05, 0) is 70.6 Å². The van der Waals surface area contributed by atoms with Crippen LogP contribution in [-0.2, 0) is 14.3 Å². The zero-order valence-electron chi connectivity index (χ0n) is 40.7. The molecule has 0 fully saturated rings. The monoisotopic (exact) mass is 866 g/mol. The molecule has 3 atom stereocenters. The lowest BCUT2D eigenvalue weighted by Gasteiger charge is -2.24. The minimum absolute atomic E-state index is 0.0263. The molecule has 0 aliphatic heterocycles. The molecule has 0 aromatic carbocycles. The van der Waals surface area contributed by atoms with Crippen LogP contribution in [0.3, 0.4) is 0 Å². The van der Waals surface area contributed by atoms with E-state index in [-0.39, 0.29) is 24.9 Å². The first-order valence-electron chi connectivity index (χ1n) is 26.2. The number of allylic oxidation sites excluding steroid dienone is 12. The molecule has 0 aliphatic carbocycles. The van der Waals surface area contributed by atoms with Crippen LogP contribution < -0.4 is 5.32 Å². The third-order valence-electron chi connectivity index (χ3n) is 11.6. The minimum Gasteiger partial charge on any atom is -0.462 e. The van der Waals surface area contributed by atoms with Crippen molar-refractivity contribution in [3.05, 3.63) is 72.9 Å². The van der Waals surface area contributed by atoms with Crippen LogP contribution >= 0.6 is 0 Å². The van der Waals surface area contributed by atoms with Gasteiger partial charge in [0.1, 0.15) is 6.10 Å². The lowest BCUT2D eigenvalue weighted by atomic mass is 10.0. The van der Waals surface area contributed by atoms with Crippen molar-refractivity contribution in [1.82, 2.24) is 5.32 Å². The van der Waals surface area contributed by atoms with Crippen molar-refractivity contribution in [2.24, 2.45) is 0 Å². The van der Waals surface area contributed by atoms with Crippen LogP contribution in [0.25, 0.3) is 0 Å². The molecule has 3 N–H and O–H groups in total. The number of aliphatic hydroxyl groups is 2. The van der Waals surface area contributed by atoms with E-state index in [4.69, 9.17) is 4.74 Å². The van der Waals surface area contributed by atoms with Crippen molar-refractivity contribution in [2.45, 2.75) is 264 Å². The second-order valence-electron chi connectivity index (χ2n) is 17.6. The summed E-state index contributed by atoms with van der Waals surface area (Å²) in [6.45, 7) is 6.30. The predicted octanol–water partition coefficient (Wildman–Crippen LogP) is 15.8. The Bertz CT molecular complexity index is 1150. The largest absolute Gasteiger partial charge is 0.462 e. The summed E-state index contributed by atoms with van der Waals surface area (Å²) in [6, 6.07) is -0.726. The Morgan fingerprint density at radius 1 is 0.500 bits per heavy atom. The van der Waals surface area contributed by atoms with Gasteiger partial charge in [-0.3, -0.25) is 9.59 Å². The van der Waals surface area contributed by atoms with Crippen LogP contribution in [0.5, 0.6) is 0 Å². The molecule has 1 amide bonds. The molecule has 0 radical (unpaired) electrons. The fourth-order valence-electron chi connectivity index (χ4n) is 7.65. The van der Waals surface area contributed by atoms with E-state index in [9.17, 15) is 19.8 Å². The van der Waals surface area contributed by atoms with Gasteiger partial charge in [-0.25, -0.2) is 0 Å². The van der Waals surface area contributed by atoms with Gasteiger partial charge >= 0.3 is 5.97 Å². The third-order valence-corrected chi connectivity index (χ3v) is 11.6. The maximum Gasteiger partial charge on any atom is 0.306 e. The van der Waals surface area contributed by atoms with E-state index in [1.165, 1.54) is 128 Å². The van der Waals surface area contributed by atoms with E-state index in [0.717, 1.165) is 70.6 Å². The SMILES string of the molecule is CC/C=C/C=C/C=C\C=C/CCCC(CC(=O)NC(CO)C(O)CCCCCCCCCCCCCCCCC)OC(=O)CCCCCCCCC/C=C\C/C=C\CCCCC. The molecule has 6 heteroatoms. The first kappa shape index (κ1) is 59.3. The van der Waals surface area contributed by atoms with Crippen LogP contribution in [0.4, 0.5) is 0 Å². The van der Waals surface area contributed by atoms with Gasteiger partial charge in [0, 0.05) is 6.42 Å². The highest BCUT2D eigenvalue weighted by atomic mass is 16.5. The Balaban J connectivity index is 4.57. The van der Waals surface area contributed by atoms with Crippen molar-refractivity contribution in [3.8, 4) is 0 Å². The van der Waals surface area contributed by atoms with E-state index in [1.54, 1.807) is 0 Å². The van der Waals surface area contributed by atoms with Gasteiger partial charge in [0.15, 0.2) is 0 Å². The molecular formula is C56H99NO5. The van der Waals surface area contributed by atoms with E-state index in [1.807, 2.05) is 36.5 Å². The molecule has 358 valence electrons. The maximum absolute atomic E-state index is 13.2. The molecule has 0 spiro atoms. The van der Waals surface area contributed by atoms with Crippen LogP contribution in [0.1, 0.15) is 245 Å². The number of unbranched alkanes of at least 4 members (excludes halogenated alkanes) is 25. The van der Waals surface area contributed by atoms with E-state index in [0.29, 0.717) is 19.3 Å². The molecule has 0 saturated carbocycles. The molecule has 3 unspecified atom stereocenters. The van der Waals surface area contributed by atoms with Gasteiger partial charge < -0.3 is 20.3 Å². The van der Waals surface area contributed by atoms with E-state index in [2.05, 4.69) is 62.5 Å². The average molecular weight is 866 g/mol. The number of hydrogen-bond acceptors (Lipinski definition) is 5. The number of carbonyl (C=O) groups is 2. The summed E-state index contributed by atoms with van der Waals surface area (Å²) in [6.07, 6.45) is 62.6. The molecular weight excluding hydrogens is 767 g/mol. The van der Waals surface area contributed by atoms with Crippen molar-refractivity contribution < 1.29 is 24.5 Å². The lowest BCUT2D eigenvalue weighted by Crippen LogP contribution is -2.46. The summed E-state index contributed by atoms with van der Waals surface area (Å²) < 4.78 is 5.89. The van der Waals surface area contributed by atoms with Crippen molar-refractivity contribution >= 4 is 11.9 Å². The second-order valence-corrected chi connectivity index (χ2v) is 17.6. The molecule has 0 heterocycles. The smallest absolute Gasteiger partial charge is 0.306 e. The molecule has 0 rings (SSSR count). The van der Waals surface area contributed by atoms with Crippen LogP contribution in [0.2, 0.25) is 0 Å². The first-order chi connectivity index (χ1) is 30.5. The number of esters is 1. The fourth-order valence-corrected chi connectivity index (χ4v) is 7.65. The fraction of sp³-hybridized carbons (Fsp3) is 0.750. The van der Waals surface area contributed by atoms with Gasteiger partial charge in [0.05, 0.1) is 25.2 Å². The molecule has 6 nitrogen and oxygen atoms in total. The van der Waals surface area contributed by atoms with Crippen LogP contribution in [-0.4, -0.2) is 46.9 Å². The van der Waals surface area contributed by atoms with Crippen molar-refractivity contribution in [3.63, 3.8) is 0 Å². The normalized spacial score (nSPS) is 13.8. The van der Waals surface area contributed by atoms with E-state index < -0.39 is 18.2 Å². The van der Waals surface area contributed by atoms with Gasteiger partial charge in [-0.2, -0.15) is 0 Å². The number of nitrogens with one attached hydrogen (secondary N) is 1. The topological polar surface area (TPSA) is 95.9 Å². The lowest BCUT2D eigenvalue weighted by molar-refractivity contribution is -0.151. The van der Waals surface area contributed by atoms with Crippen molar-refractivity contribution in [1.29, 1.82) is 0 Å². The number of ether oxygens (including phenoxy) is 1. The zero-order chi connectivity index (χ0) is 45.2. The minimum atomic E-state index is -0.808. The molecule has 0 aromatic heterocycles. The summed E-state index contributed by atoms with van der Waals surface area (Å²) in [5.41, 5.74) is 0. The van der Waals surface area contributed by atoms with E-state index >= 15 is 0 Å². The van der Waals surface area contributed by atoms with Crippen LogP contribution in [0, 0.1) is 0 Å². The molecule has 0 saturated heterocycles. The van der Waals surface area contributed by atoms with Gasteiger partial charge in [0.25, 0.3) is 0 Å². The highest BCUT2D eigenvalue weighted by Gasteiger charge is 2.24. The average Bonchev–Trinajstić information content (AvgIpc) is 3.26. The number of carbonyl (C=O) groups excluding carboxylic acids is 2. The first-order valence-corrected chi connectivity index (χ1v) is 26.2. The number of rotatable bonds is 46. The summed E-state index contributed by atoms with van der Waals surface area (Å²) in [4.78, 5) is 26.1. The summed E-state index contributed by atoms with van der Waals surface area (Å²) in [5, 5.41) is 23.8. The quantitative estimate of drug-likeness (QED) is 0.0245. The Morgan fingerprint density at radius 2 is 0.952 bits per heavy atom. The highest BCUT2D eigenvalue weighted by Crippen LogP contribution is 2.17. The van der Waals surface area contributed by atoms with Gasteiger partial charge in [-0.1, -0.05) is 235 Å². The molecule has 0 aromatic rings. The molecule has 0 aliphatic rings. The van der Waals surface area contributed by atoms with Crippen molar-refractivity contribution in [2.75, 3.05) is 6.61 Å². The van der Waals surface area contributed by atoms with Gasteiger partial charge in [0.2, 0.25) is 5.91 Å². The molecule has 62 heavy (non-hydrogen) atoms. The summed E-state index contributed by atoms with van der Waals surface area (Å²) >= 11 is 0. The standard InChI is InChI=1S/C56H99NO5/c1-4-7-10-13-16-19-22-24-26-27-29-31-34-37-40-43-46-49-56(61)62-52(47-44-41-38-35-32-21-18-15-12-9-6-3)50-55(60)57-53(51-58)54(59)48-45-42-39-36-33-30-28-25-23-20-17-14-11-8-5-2/h9,12,15-16,18-19,21,24,26,32,35,38,52-54,58-59H,4-8,10-11,13-14,17,20,22-23,25,27-31,33-34,36-37,39-51H2,1-3H3,(H,57,60)/b12-9+,18-15+,19-16-,26-24-,32-21-,38-35-. The van der Waals surface area contributed by atoms with Crippen LogP contribution in [0.15, 0.2) is 72.9 Å². The van der Waals surface area contributed by atoms with Gasteiger partial charge in [-0.15, -0.1) is 0 Å². The second kappa shape index (κ2) is 49.3. The zero-order valence-corrected chi connectivity index (χ0v) is 40.7. The Labute approximate surface area is 383 Å². The third kappa shape index (κ3) is 43.9. The molecule has 0 bridgehead atoms.